The fourth-order valence-corrected chi connectivity index (χ4v) is 4.73. The number of rotatable bonds is 8. The van der Waals surface area contributed by atoms with Gasteiger partial charge in [0.1, 0.15) is 5.75 Å². The number of amides is 1. The van der Waals surface area contributed by atoms with E-state index in [4.69, 9.17) is 15.2 Å². The van der Waals surface area contributed by atoms with Crippen LogP contribution in [0.25, 0.3) is 0 Å². The molecular weight excluding hydrogens is 352 g/mol. The topological polar surface area (TPSA) is 108 Å². The number of carbonyl (C=O) groups is 1. The Labute approximate surface area is 146 Å². The minimum absolute atomic E-state index is 0.130. The molecule has 1 amide bonds. The van der Waals surface area contributed by atoms with E-state index in [1.807, 2.05) is 11.8 Å². The second-order valence-corrected chi connectivity index (χ2v) is 8.54. The molecule has 0 radical (unpaired) electrons. The summed E-state index contributed by atoms with van der Waals surface area (Å²) in [6.07, 6.45) is 1.63. The van der Waals surface area contributed by atoms with E-state index in [1.54, 1.807) is 7.11 Å². The standard InChI is InChI=1S/C15H22N2O5S2/c1-21-15(6-8-23-9-7-15)11-17-24(19,20)13-4-2-12(3-5-13)22-10-14(16)18/h2-5,17H,6-11H2,1H3,(H2,16,18). The fraction of sp³-hybridized carbons (Fsp3) is 0.533. The second-order valence-electron chi connectivity index (χ2n) is 5.55. The molecule has 0 atom stereocenters. The monoisotopic (exact) mass is 374 g/mol. The smallest absolute Gasteiger partial charge is 0.255 e. The average Bonchev–Trinajstić information content (AvgIpc) is 2.59. The van der Waals surface area contributed by atoms with Crippen LogP contribution < -0.4 is 15.2 Å². The van der Waals surface area contributed by atoms with Gasteiger partial charge in [0.15, 0.2) is 6.61 Å². The first-order chi connectivity index (χ1) is 11.4. The van der Waals surface area contributed by atoms with E-state index in [0.717, 1.165) is 24.3 Å². The highest BCUT2D eigenvalue weighted by Gasteiger charge is 2.33. The van der Waals surface area contributed by atoms with Crippen LogP contribution in [0.5, 0.6) is 5.75 Å². The van der Waals surface area contributed by atoms with Crippen molar-refractivity contribution in [3.63, 3.8) is 0 Å². The van der Waals surface area contributed by atoms with Gasteiger partial charge in [-0.1, -0.05) is 0 Å². The van der Waals surface area contributed by atoms with Gasteiger partial charge in [0.05, 0.1) is 10.5 Å². The maximum atomic E-state index is 12.4. The summed E-state index contributed by atoms with van der Waals surface area (Å²) in [6, 6.07) is 5.82. The zero-order valence-corrected chi connectivity index (χ0v) is 15.1. The lowest BCUT2D eigenvalue weighted by Crippen LogP contribution is -2.46. The number of hydrogen-bond donors (Lipinski definition) is 2. The lowest BCUT2D eigenvalue weighted by Gasteiger charge is -2.35. The zero-order valence-electron chi connectivity index (χ0n) is 13.5. The first-order valence-corrected chi connectivity index (χ1v) is 10.1. The van der Waals surface area contributed by atoms with Crippen LogP contribution in [0.1, 0.15) is 12.8 Å². The lowest BCUT2D eigenvalue weighted by molar-refractivity contribution is -0.119. The number of hydrogen-bond acceptors (Lipinski definition) is 6. The summed E-state index contributed by atoms with van der Waals surface area (Å²) in [4.78, 5) is 10.8. The minimum Gasteiger partial charge on any atom is -0.484 e. The molecule has 134 valence electrons. The summed E-state index contributed by atoms with van der Waals surface area (Å²) in [6.45, 7) is -0.00889. The van der Waals surface area contributed by atoms with Crippen molar-refractivity contribution in [1.29, 1.82) is 0 Å². The fourth-order valence-electron chi connectivity index (χ4n) is 2.38. The number of sulfonamides is 1. The molecule has 1 aromatic carbocycles. The average molecular weight is 374 g/mol. The number of nitrogens with two attached hydrogens (primary N) is 1. The number of carbonyl (C=O) groups excluding carboxylic acids is 1. The molecule has 0 aromatic heterocycles. The van der Waals surface area contributed by atoms with Crippen LogP contribution in [0.4, 0.5) is 0 Å². The Hall–Kier alpha value is -1.29. The van der Waals surface area contributed by atoms with Crippen LogP contribution >= 0.6 is 11.8 Å². The number of ether oxygens (including phenoxy) is 2. The van der Waals surface area contributed by atoms with Gasteiger partial charge < -0.3 is 15.2 Å². The van der Waals surface area contributed by atoms with E-state index >= 15 is 0 Å². The van der Waals surface area contributed by atoms with Gasteiger partial charge in [-0.25, -0.2) is 13.1 Å². The number of thioether (sulfide) groups is 1. The SMILES string of the molecule is COC1(CNS(=O)(=O)c2ccc(OCC(N)=O)cc2)CCSCC1. The van der Waals surface area contributed by atoms with E-state index in [1.165, 1.54) is 24.3 Å². The minimum atomic E-state index is -3.64. The molecule has 1 aromatic rings. The largest absolute Gasteiger partial charge is 0.484 e. The van der Waals surface area contributed by atoms with E-state index in [-0.39, 0.29) is 18.0 Å². The van der Waals surface area contributed by atoms with Gasteiger partial charge in [0, 0.05) is 13.7 Å². The molecule has 2 rings (SSSR count). The molecule has 1 saturated heterocycles. The van der Waals surface area contributed by atoms with Gasteiger partial charge in [-0.3, -0.25) is 4.79 Å². The summed E-state index contributed by atoms with van der Waals surface area (Å²) >= 11 is 1.85. The Morgan fingerprint density at radius 2 is 1.92 bits per heavy atom. The van der Waals surface area contributed by atoms with Gasteiger partial charge in [-0.2, -0.15) is 11.8 Å². The third kappa shape index (κ3) is 5.10. The third-order valence-corrected chi connectivity index (χ3v) is 6.34. The molecule has 24 heavy (non-hydrogen) atoms. The number of benzene rings is 1. The summed E-state index contributed by atoms with van der Waals surface area (Å²) in [5, 5.41) is 0. The van der Waals surface area contributed by atoms with Crippen LogP contribution in [-0.2, 0) is 19.6 Å². The summed E-state index contributed by atoms with van der Waals surface area (Å²) in [7, 11) is -2.02. The van der Waals surface area contributed by atoms with Crippen LogP contribution in [0, 0.1) is 0 Å². The van der Waals surface area contributed by atoms with Crippen molar-refractivity contribution in [2.45, 2.75) is 23.3 Å². The summed E-state index contributed by atoms with van der Waals surface area (Å²) < 4.78 is 38.2. The molecule has 1 aliphatic heterocycles. The highest BCUT2D eigenvalue weighted by molar-refractivity contribution is 7.99. The highest BCUT2D eigenvalue weighted by atomic mass is 32.2. The van der Waals surface area contributed by atoms with Gasteiger partial charge in [0.25, 0.3) is 5.91 Å². The molecular formula is C15H22N2O5S2. The van der Waals surface area contributed by atoms with E-state index < -0.39 is 21.5 Å². The van der Waals surface area contributed by atoms with Crippen molar-refractivity contribution in [3.8, 4) is 5.75 Å². The molecule has 7 nitrogen and oxygen atoms in total. The van der Waals surface area contributed by atoms with E-state index in [2.05, 4.69) is 4.72 Å². The van der Waals surface area contributed by atoms with Crippen LogP contribution in [0.2, 0.25) is 0 Å². The molecule has 0 unspecified atom stereocenters. The Kier molecular flexibility index (Phi) is 6.50. The van der Waals surface area contributed by atoms with Crippen molar-refractivity contribution < 1.29 is 22.7 Å². The molecule has 0 aliphatic carbocycles. The normalized spacial score (nSPS) is 17.4. The molecule has 3 N–H and O–H groups in total. The molecule has 0 saturated carbocycles. The van der Waals surface area contributed by atoms with Gasteiger partial charge >= 0.3 is 0 Å². The van der Waals surface area contributed by atoms with Crippen LogP contribution in [0.15, 0.2) is 29.2 Å². The molecule has 1 aliphatic rings. The van der Waals surface area contributed by atoms with Crippen molar-refractivity contribution in [2.75, 3.05) is 31.8 Å². The molecule has 0 spiro atoms. The maximum Gasteiger partial charge on any atom is 0.255 e. The molecule has 9 heteroatoms. The number of nitrogens with one attached hydrogen (secondary N) is 1. The van der Waals surface area contributed by atoms with Crippen molar-refractivity contribution in [3.05, 3.63) is 24.3 Å². The summed E-state index contributed by atoms with van der Waals surface area (Å²) in [5.41, 5.74) is 4.55. The third-order valence-electron chi connectivity index (χ3n) is 3.94. The Morgan fingerprint density at radius 1 is 1.29 bits per heavy atom. The zero-order chi connectivity index (χ0) is 17.6. The van der Waals surface area contributed by atoms with Crippen molar-refractivity contribution in [2.24, 2.45) is 5.73 Å². The predicted octanol–water partition coefficient (Wildman–Crippen LogP) is 0.741. The second kappa shape index (κ2) is 8.19. The van der Waals surface area contributed by atoms with E-state index in [0.29, 0.717) is 5.75 Å². The van der Waals surface area contributed by atoms with Crippen LogP contribution in [-0.4, -0.2) is 51.7 Å². The lowest BCUT2D eigenvalue weighted by atomic mass is 9.97. The summed E-state index contributed by atoms with van der Waals surface area (Å²) in [5.74, 6) is 1.71. The first-order valence-electron chi connectivity index (χ1n) is 7.51. The van der Waals surface area contributed by atoms with E-state index in [9.17, 15) is 13.2 Å². The van der Waals surface area contributed by atoms with Gasteiger partial charge in [0.2, 0.25) is 10.0 Å². The first kappa shape index (κ1) is 19.0. The maximum absolute atomic E-state index is 12.4. The van der Waals surface area contributed by atoms with Crippen LogP contribution in [0.3, 0.4) is 0 Å². The van der Waals surface area contributed by atoms with Crippen molar-refractivity contribution in [1.82, 2.24) is 4.72 Å². The quantitative estimate of drug-likeness (QED) is 0.695. The predicted molar refractivity (Wildman–Crippen MR) is 92.6 cm³/mol. The van der Waals surface area contributed by atoms with Crippen molar-refractivity contribution >= 4 is 27.7 Å². The van der Waals surface area contributed by atoms with Gasteiger partial charge in [-0.05, 0) is 48.6 Å². The van der Waals surface area contributed by atoms with Gasteiger partial charge in [-0.15, -0.1) is 0 Å². The number of methoxy groups -OCH3 is 1. The Bertz CT molecular complexity index is 655. The number of primary amides is 1. The Balaban J connectivity index is 2.00. The Morgan fingerprint density at radius 3 is 2.46 bits per heavy atom. The molecule has 1 heterocycles. The molecule has 0 bridgehead atoms. The highest BCUT2D eigenvalue weighted by Crippen LogP contribution is 2.29. The molecule has 1 fully saturated rings.